The zero-order valence-electron chi connectivity index (χ0n) is 52.3. The number of para-hydroxylation sites is 9. The van der Waals surface area contributed by atoms with E-state index in [-0.39, 0.29) is 17.5 Å². The first-order valence-electron chi connectivity index (χ1n) is 30.6. The molecule has 0 unspecified atom stereocenters. The zero-order valence-corrected chi connectivity index (χ0v) is 52.3. The van der Waals surface area contributed by atoms with E-state index in [1.807, 2.05) is 141 Å². The second-order valence-electron chi connectivity index (χ2n) is 23.1. The van der Waals surface area contributed by atoms with Gasteiger partial charge in [0.15, 0.2) is 0 Å². The first-order chi connectivity index (χ1) is 43.3. The molecule has 12 nitrogen and oxygen atoms in total. The van der Waals surface area contributed by atoms with Crippen molar-refractivity contribution in [3.63, 3.8) is 0 Å². The number of halogens is 1. The number of rotatable bonds is 18. The Balaban J connectivity index is 0.000000132. The minimum absolute atomic E-state index is 0.0707. The predicted molar refractivity (Wildman–Crippen MR) is 358 cm³/mol. The highest BCUT2D eigenvalue weighted by molar-refractivity contribution is 5.78. The van der Waals surface area contributed by atoms with Crippen LogP contribution in [0.3, 0.4) is 0 Å². The molecular formula is C76H79FN8O4. The summed E-state index contributed by atoms with van der Waals surface area (Å²) < 4.78 is 45.1. The molecule has 0 radical (unpaired) electrons. The lowest BCUT2D eigenvalue weighted by Crippen LogP contribution is -2.24. The van der Waals surface area contributed by atoms with Crippen LogP contribution in [0.25, 0.3) is 44.1 Å². The molecule has 13 heteroatoms. The molecule has 89 heavy (non-hydrogen) atoms. The van der Waals surface area contributed by atoms with Crippen LogP contribution in [0.4, 0.5) is 4.39 Å². The maximum atomic E-state index is 13.4. The van der Waals surface area contributed by atoms with Gasteiger partial charge in [-0.15, -0.1) is 0 Å². The number of hydrogen-bond donors (Lipinski definition) is 0. The first-order valence-corrected chi connectivity index (χ1v) is 30.6. The lowest BCUT2D eigenvalue weighted by Gasteiger charge is -2.24. The largest absolute Gasteiger partial charge is 0.497 e. The number of fused-ring (bicyclic) bond motifs is 4. The average molecular weight is 1190 g/mol. The summed E-state index contributed by atoms with van der Waals surface area (Å²) in [5.74, 6) is 5.18. The topological polar surface area (TPSA) is 108 Å². The molecule has 0 aliphatic rings. The SMILES string of the molecule is CC(C)(C)n1c(Cc2cccc(F)c2)nc2ccccc21.CCCn1c(COc2ccccc2)nc2ccccc21.COc1ccc(OCc2nc3ccccc3n2CCc2ccccc2)cc1.Cc1ccc(Cn2c(OC(C)C)nc3ccccc32)cc1. The van der Waals surface area contributed by atoms with Crippen LogP contribution in [-0.4, -0.2) is 51.4 Å². The third kappa shape index (κ3) is 16.3. The van der Waals surface area contributed by atoms with E-state index >= 15 is 0 Å². The van der Waals surface area contributed by atoms with Crippen LogP contribution in [-0.2, 0) is 51.2 Å². The van der Waals surface area contributed by atoms with Crippen molar-refractivity contribution in [3.8, 4) is 23.3 Å². The molecule has 0 N–H and O–H groups in total. The molecule has 0 bridgehead atoms. The molecule has 454 valence electrons. The van der Waals surface area contributed by atoms with Crippen molar-refractivity contribution in [1.82, 2.24) is 38.2 Å². The van der Waals surface area contributed by atoms with Crippen LogP contribution in [0.1, 0.15) is 87.7 Å². The molecule has 0 spiro atoms. The van der Waals surface area contributed by atoms with Crippen molar-refractivity contribution in [3.05, 3.63) is 276 Å². The Morgan fingerprint density at radius 3 is 1.48 bits per heavy atom. The molecule has 9 aromatic carbocycles. The van der Waals surface area contributed by atoms with Crippen LogP contribution >= 0.6 is 0 Å². The normalized spacial score (nSPS) is 11.2. The van der Waals surface area contributed by atoms with Crippen LogP contribution in [0.5, 0.6) is 23.3 Å². The molecular weight excluding hydrogens is 1110 g/mol. The quantitative estimate of drug-likeness (QED) is 0.0836. The minimum Gasteiger partial charge on any atom is -0.497 e. The van der Waals surface area contributed by atoms with E-state index in [1.165, 1.54) is 28.3 Å². The van der Waals surface area contributed by atoms with E-state index in [0.29, 0.717) is 25.6 Å². The van der Waals surface area contributed by atoms with Crippen molar-refractivity contribution >= 4 is 44.1 Å². The van der Waals surface area contributed by atoms with E-state index in [4.69, 9.17) is 28.9 Å². The van der Waals surface area contributed by atoms with E-state index in [0.717, 1.165) is 111 Å². The number of methoxy groups -OCH3 is 1. The lowest BCUT2D eigenvalue weighted by molar-refractivity contribution is 0.214. The molecule has 0 saturated carbocycles. The van der Waals surface area contributed by atoms with Gasteiger partial charge in [0, 0.05) is 25.0 Å². The highest BCUT2D eigenvalue weighted by Gasteiger charge is 2.22. The molecule has 0 amide bonds. The predicted octanol–water partition coefficient (Wildman–Crippen LogP) is 17.6. The van der Waals surface area contributed by atoms with Gasteiger partial charge in [-0.3, -0.25) is 4.57 Å². The fourth-order valence-electron chi connectivity index (χ4n) is 10.7. The summed E-state index contributed by atoms with van der Waals surface area (Å²) in [5.41, 5.74) is 13.2. The third-order valence-electron chi connectivity index (χ3n) is 14.9. The highest BCUT2D eigenvalue weighted by atomic mass is 19.1. The Morgan fingerprint density at radius 2 is 0.933 bits per heavy atom. The first kappa shape index (κ1) is 62.1. The van der Waals surface area contributed by atoms with E-state index in [1.54, 1.807) is 19.2 Å². The number of nitrogens with zero attached hydrogens (tertiary/aromatic N) is 8. The van der Waals surface area contributed by atoms with Crippen LogP contribution in [0.15, 0.2) is 231 Å². The highest BCUT2D eigenvalue weighted by Crippen LogP contribution is 2.28. The molecule has 0 saturated heterocycles. The maximum absolute atomic E-state index is 13.4. The van der Waals surface area contributed by atoms with Gasteiger partial charge in [-0.2, -0.15) is 4.98 Å². The van der Waals surface area contributed by atoms with Gasteiger partial charge in [0.2, 0.25) is 0 Å². The van der Waals surface area contributed by atoms with Crippen molar-refractivity contribution in [2.75, 3.05) is 7.11 Å². The van der Waals surface area contributed by atoms with E-state index < -0.39 is 0 Å². The van der Waals surface area contributed by atoms with Crippen molar-refractivity contribution < 1.29 is 23.3 Å². The molecule has 0 fully saturated rings. The summed E-state index contributed by atoms with van der Waals surface area (Å²) in [6.07, 6.45) is 2.78. The second kappa shape index (κ2) is 29.6. The van der Waals surface area contributed by atoms with Gasteiger partial charge < -0.3 is 32.6 Å². The number of hydrogen-bond acceptors (Lipinski definition) is 8. The smallest absolute Gasteiger partial charge is 0.297 e. The van der Waals surface area contributed by atoms with Gasteiger partial charge >= 0.3 is 0 Å². The standard InChI is InChI=1S/C23H22N2O2.C18H19FN2.C18H20N2O.C17H18N2O/c1-26-19-11-13-20(14-12-19)27-17-23-24-21-9-5-6-10-22(21)25(23)16-15-18-7-3-2-4-8-18;1-18(2,3)21-16-10-5-4-9-15(16)20-17(21)12-13-7-6-8-14(19)11-13;1-13(2)21-18-19-16-6-4-5-7-17(16)20(18)12-15-10-8-14(3)9-11-15;1-2-12-19-16-11-7-6-10-15(16)18-17(19)13-20-14-8-4-3-5-9-14/h2-14H,15-17H2,1H3;4-11H,12H2,1-3H3;4-11,13H,12H2,1-3H3;3-11H,2,12-13H2,1H3. The zero-order chi connectivity index (χ0) is 62.1. The van der Waals surface area contributed by atoms with E-state index in [2.05, 4.69) is 148 Å². The molecule has 13 rings (SSSR count). The fraction of sp³-hybridized carbons (Fsp3) is 0.237. The summed E-state index contributed by atoms with van der Waals surface area (Å²) in [5, 5.41) is 0. The summed E-state index contributed by atoms with van der Waals surface area (Å²) in [4.78, 5) is 18.8. The molecule has 0 aliphatic carbocycles. The van der Waals surface area contributed by atoms with E-state index in [9.17, 15) is 4.39 Å². The maximum Gasteiger partial charge on any atom is 0.297 e. The van der Waals surface area contributed by atoms with Gasteiger partial charge in [-0.1, -0.05) is 146 Å². The Bertz CT molecular complexity index is 4340. The van der Waals surface area contributed by atoms with Gasteiger partial charge in [0.25, 0.3) is 6.01 Å². The number of benzene rings is 9. The van der Waals surface area contributed by atoms with Gasteiger partial charge in [0.1, 0.15) is 53.8 Å². The average Bonchev–Trinajstić information content (AvgIpc) is 1.74. The van der Waals surface area contributed by atoms with Crippen molar-refractivity contribution in [2.24, 2.45) is 0 Å². The number of ether oxygens (including phenoxy) is 4. The summed E-state index contributed by atoms with van der Waals surface area (Å²) in [7, 11) is 1.66. The lowest BCUT2D eigenvalue weighted by atomic mass is 10.1. The Hall–Kier alpha value is -10.0. The van der Waals surface area contributed by atoms with Crippen molar-refractivity contribution in [2.45, 2.75) is 112 Å². The molecule has 13 aromatic rings. The number of aryl methyl sites for hydroxylation is 4. The molecule has 4 heterocycles. The molecule has 0 aliphatic heterocycles. The van der Waals surface area contributed by atoms with Gasteiger partial charge in [-0.25, -0.2) is 19.3 Å². The van der Waals surface area contributed by atoms with Crippen LogP contribution in [0.2, 0.25) is 0 Å². The fourth-order valence-corrected chi connectivity index (χ4v) is 10.7. The monoisotopic (exact) mass is 1190 g/mol. The second-order valence-corrected chi connectivity index (χ2v) is 23.1. The van der Waals surface area contributed by atoms with Crippen molar-refractivity contribution in [1.29, 1.82) is 0 Å². The van der Waals surface area contributed by atoms with Gasteiger partial charge in [-0.05, 0) is 168 Å². The molecule has 0 atom stereocenters. The Morgan fingerprint density at radius 1 is 0.461 bits per heavy atom. The van der Waals surface area contributed by atoms with Gasteiger partial charge in [0.05, 0.1) is 63.9 Å². The summed E-state index contributed by atoms with van der Waals surface area (Å²) >= 11 is 0. The summed E-state index contributed by atoms with van der Waals surface area (Å²) in [6, 6.07) is 76.8. The Labute approximate surface area is 521 Å². The third-order valence-corrected chi connectivity index (χ3v) is 14.9. The Kier molecular flexibility index (Phi) is 20.6. The van der Waals surface area contributed by atoms with Crippen LogP contribution < -0.4 is 18.9 Å². The number of imidazole rings is 4. The minimum atomic E-state index is -0.203. The number of aromatic nitrogens is 8. The van der Waals surface area contributed by atoms with Crippen LogP contribution in [0, 0.1) is 12.7 Å². The summed E-state index contributed by atoms with van der Waals surface area (Å²) in [6.45, 7) is 18.3. The molecule has 4 aromatic heterocycles.